The molecule has 0 spiro atoms. The molecule has 0 fully saturated rings. The molecule has 5 nitrogen and oxygen atoms in total. The number of nitrogens with zero attached hydrogens (tertiary/aromatic N) is 1. The van der Waals surface area contributed by atoms with E-state index < -0.39 is 0 Å². The summed E-state index contributed by atoms with van der Waals surface area (Å²) in [4.78, 5) is 15.5. The summed E-state index contributed by atoms with van der Waals surface area (Å²) in [6.45, 7) is 5.18. The summed E-state index contributed by atoms with van der Waals surface area (Å²) >= 11 is 0. The summed E-state index contributed by atoms with van der Waals surface area (Å²) in [6.07, 6.45) is 2.17. The van der Waals surface area contributed by atoms with Gasteiger partial charge in [0.2, 0.25) is 11.8 Å². The Morgan fingerprint density at radius 1 is 1.50 bits per heavy atom. The molecule has 0 bridgehead atoms. The highest BCUT2D eigenvalue weighted by Crippen LogP contribution is 2.12. The first-order valence-electron chi connectivity index (χ1n) is 6.11. The summed E-state index contributed by atoms with van der Waals surface area (Å²) in [7, 11) is 1.60. The maximum absolute atomic E-state index is 11.4. The molecule has 0 aliphatic rings. The molecule has 0 saturated carbocycles. The van der Waals surface area contributed by atoms with Crippen molar-refractivity contribution in [1.29, 1.82) is 0 Å². The number of hydrogen-bond acceptors (Lipinski definition) is 4. The first-order valence-corrected chi connectivity index (χ1v) is 6.11. The summed E-state index contributed by atoms with van der Waals surface area (Å²) in [5.74, 6) is 0.687. The van der Waals surface area contributed by atoms with E-state index >= 15 is 0 Å². The molecule has 1 aromatic rings. The minimum absolute atomic E-state index is 0.0654. The van der Waals surface area contributed by atoms with Crippen LogP contribution in [-0.4, -0.2) is 30.6 Å². The zero-order valence-electron chi connectivity index (χ0n) is 11.2. The van der Waals surface area contributed by atoms with Crippen molar-refractivity contribution in [2.24, 2.45) is 0 Å². The van der Waals surface area contributed by atoms with E-state index in [0.717, 1.165) is 5.56 Å². The van der Waals surface area contributed by atoms with Gasteiger partial charge in [0.05, 0.1) is 7.11 Å². The number of ether oxygens (including phenoxy) is 1. The van der Waals surface area contributed by atoms with Crippen LogP contribution in [0.25, 0.3) is 0 Å². The van der Waals surface area contributed by atoms with Crippen molar-refractivity contribution in [2.75, 3.05) is 13.7 Å². The minimum Gasteiger partial charge on any atom is -0.481 e. The summed E-state index contributed by atoms with van der Waals surface area (Å²) in [5, 5.41) is 6.05. The van der Waals surface area contributed by atoms with E-state index in [-0.39, 0.29) is 11.9 Å². The van der Waals surface area contributed by atoms with E-state index in [1.165, 1.54) is 0 Å². The Morgan fingerprint density at radius 2 is 2.28 bits per heavy atom. The molecule has 0 atom stereocenters. The lowest BCUT2D eigenvalue weighted by Crippen LogP contribution is -2.32. The normalized spacial score (nSPS) is 10.4. The van der Waals surface area contributed by atoms with Crippen LogP contribution in [-0.2, 0) is 11.3 Å². The summed E-state index contributed by atoms with van der Waals surface area (Å²) < 4.78 is 5.15. The molecule has 1 rings (SSSR count). The lowest BCUT2D eigenvalue weighted by Gasteiger charge is -2.10. The second-order valence-corrected chi connectivity index (χ2v) is 4.32. The van der Waals surface area contributed by atoms with Crippen molar-refractivity contribution in [3.63, 3.8) is 0 Å². The maximum Gasteiger partial charge on any atom is 0.221 e. The van der Waals surface area contributed by atoms with E-state index in [4.69, 9.17) is 4.74 Å². The molecule has 0 unspecified atom stereocenters. The summed E-state index contributed by atoms with van der Waals surface area (Å²) in [6, 6.07) is 4.01. The number of pyridine rings is 1. The summed E-state index contributed by atoms with van der Waals surface area (Å²) in [5.41, 5.74) is 0.990. The molecule has 1 amide bonds. The molecule has 0 aromatic carbocycles. The molecule has 0 radical (unpaired) electrons. The van der Waals surface area contributed by atoms with Crippen molar-refractivity contribution in [2.45, 2.75) is 32.9 Å². The average Bonchev–Trinajstić information content (AvgIpc) is 2.34. The first-order chi connectivity index (χ1) is 8.63. The van der Waals surface area contributed by atoms with Crippen LogP contribution in [0, 0.1) is 0 Å². The zero-order chi connectivity index (χ0) is 13.4. The average molecular weight is 251 g/mol. The lowest BCUT2D eigenvalue weighted by atomic mass is 10.2. The van der Waals surface area contributed by atoms with Gasteiger partial charge in [-0.15, -0.1) is 0 Å². The third-order valence-electron chi connectivity index (χ3n) is 2.34. The van der Waals surface area contributed by atoms with E-state index in [1.807, 2.05) is 26.0 Å². The largest absolute Gasteiger partial charge is 0.481 e. The molecule has 0 saturated heterocycles. The van der Waals surface area contributed by atoms with Gasteiger partial charge in [0.1, 0.15) is 0 Å². The van der Waals surface area contributed by atoms with Crippen LogP contribution in [0.3, 0.4) is 0 Å². The third-order valence-corrected chi connectivity index (χ3v) is 2.34. The molecule has 18 heavy (non-hydrogen) atoms. The van der Waals surface area contributed by atoms with E-state index in [2.05, 4.69) is 15.6 Å². The monoisotopic (exact) mass is 251 g/mol. The predicted octanol–water partition coefficient (Wildman–Crippen LogP) is 1.09. The highest BCUT2D eigenvalue weighted by Gasteiger charge is 2.04. The van der Waals surface area contributed by atoms with Crippen molar-refractivity contribution in [3.05, 3.63) is 23.9 Å². The minimum atomic E-state index is 0.0654. The standard InChI is InChI=1S/C13H21N3O2/c1-10(2)16-12(17)6-8-14-9-11-5-4-7-15-13(11)18-3/h4-5,7,10,14H,6,8-9H2,1-3H3,(H,16,17). The van der Waals surface area contributed by atoms with Gasteiger partial charge in [0.25, 0.3) is 0 Å². The van der Waals surface area contributed by atoms with Gasteiger partial charge in [-0.3, -0.25) is 4.79 Å². The van der Waals surface area contributed by atoms with E-state index in [1.54, 1.807) is 13.3 Å². The van der Waals surface area contributed by atoms with Gasteiger partial charge in [-0.2, -0.15) is 0 Å². The van der Waals surface area contributed by atoms with E-state index in [0.29, 0.717) is 25.4 Å². The van der Waals surface area contributed by atoms with Crippen LogP contribution in [0.1, 0.15) is 25.8 Å². The number of amides is 1. The molecule has 5 heteroatoms. The number of methoxy groups -OCH3 is 1. The molecular weight excluding hydrogens is 230 g/mol. The molecule has 100 valence electrons. The Kier molecular flexibility index (Phi) is 6.14. The fraction of sp³-hybridized carbons (Fsp3) is 0.538. The quantitative estimate of drug-likeness (QED) is 0.712. The topological polar surface area (TPSA) is 63.2 Å². The van der Waals surface area contributed by atoms with Gasteiger partial charge in [0.15, 0.2) is 0 Å². The van der Waals surface area contributed by atoms with Crippen molar-refractivity contribution >= 4 is 5.91 Å². The Bertz CT molecular complexity index is 380. The Hall–Kier alpha value is -1.62. The number of hydrogen-bond donors (Lipinski definition) is 2. The smallest absolute Gasteiger partial charge is 0.221 e. The molecule has 1 heterocycles. The van der Waals surface area contributed by atoms with Crippen molar-refractivity contribution in [3.8, 4) is 5.88 Å². The Labute approximate surface area is 108 Å². The van der Waals surface area contributed by atoms with Gasteiger partial charge < -0.3 is 15.4 Å². The van der Waals surface area contributed by atoms with Gasteiger partial charge in [-0.1, -0.05) is 6.07 Å². The highest BCUT2D eigenvalue weighted by molar-refractivity contribution is 5.76. The fourth-order valence-corrected chi connectivity index (χ4v) is 1.56. The van der Waals surface area contributed by atoms with Gasteiger partial charge >= 0.3 is 0 Å². The van der Waals surface area contributed by atoms with Crippen LogP contribution in [0.5, 0.6) is 5.88 Å². The SMILES string of the molecule is COc1ncccc1CNCCC(=O)NC(C)C. The third kappa shape index (κ3) is 5.14. The molecule has 1 aromatic heterocycles. The Morgan fingerprint density at radius 3 is 2.94 bits per heavy atom. The molecular formula is C13H21N3O2. The van der Waals surface area contributed by atoms with Crippen LogP contribution in [0.15, 0.2) is 18.3 Å². The lowest BCUT2D eigenvalue weighted by molar-refractivity contribution is -0.121. The fourth-order valence-electron chi connectivity index (χ4n) is 1.56. The maximum atomic E-state index is 11.4. The van der Waals surface area contributed by atoms with Gasteiger partial charge in [-0.25, -0.2) is 4.98 Å². The second-order valence-electron chi connectivity index (χ2n) is 4.32. The first kappa shape index (κ1) is 14.4. The van der Waals surface area contributed by atoms with Gasteiger partial charge in [-0.05, 0) is 19.9 Å². The number of rotatable bonds is 7. The molecule has 0 aliphatic carbocycles. The number of aromatic nitrogens is 1. The van der Waals surface area contributed by atoms with Crippen LogP contribution < -0.4 is 15.4 Å². The highest BCUT2D eigenvalue weighted by atomic mass is 16.5. The van der Waals surface area contributed by atoms with Crippen molar-refractivity contribution < 1.29 is 9.53 Å². The predicted molar refractivity (Wildman–Crippen MR) is 70.4 cm³/mol. The van der Waals surface area contributed by atoms with Gasteiger partial charge in [0, 0.05) is 37.3 Å². The number of carbonyl (C=O) groups is 1. The van der Waals surface area contributed by atoms with Crippen LogP contribution >= 0.6 is 0 Å². The van der Waals surface area contributed by atoms with E-state index in [9.17, 15) is 4.79 Å². The van der Waals surface area contributed by atoms with Crippen molar-refractivity contribution in [1.82, 2.24) is 15.6 Å². The Balaban J connectivity index is 2.27. The number of nitrogens with one attached hydrogen (secondary N) is 2. The molecule has 0 aliphatic heterocycles. The molecule has 2 N–H and O–H groups in total. The zero-order valence-corrected chi connectivity index (χ0v) is 11.2. The number of carbonyl (C=O) groups excluding carboxylic acids is 1. The van der Waals surface area contributed by atoms with Crippen LogP contribution in [0.2, 0.25) is 0 Å². The second kappa shape index (κ2) is 7.66. The van der Waals surface area contributed by atoms with Crippen LogP contribution in [0.4, 0.5) is 0 Å².